The van der Waals surface area contributed by atoms with Gasteiger partial charge < -0.3 is 5.32 Å². The van der Waals surface area contributed by atoms with Crippen molar-refractivity contribution in [1.82, 2.24) is 19.8 Å². The summed E-state index contributed by atoms with van der Waals surface area (Å²) in [5, 5.41) is 9.65. The highest BCUT2D eigenvalue weighted by molar-refractivity contribution is 7.89. The lowest BCUT2D eigenvalue weighted by atomic mass is 10.3. The fraction of sp³-hybridized carbons (Fsp3) is 0.583. The third kappa shape index (κ3) is 3.80. The molecule has 0 atom stereocenters. The van der Waals surface area contributed by atoms with Crippen LogP contribution in [-0.4, -0.2) is 42.1 Å². The number of sulfonamides is 1. The minimum Gasteiger partial charge on any atom is -0.310 e. The maximum absolute atomic E-state index is 12.4. The number of nitrogens with zero attached hydrogens (tertiary/aromatic N) is 2. The Morgan fingerprint density at radius 3 is 2.79 bits per heavy atom. The number of terminal acetylenes is 1. The molecule has 0 fully saturated rings. The molecule has 0 aliphatic heterocycles. The average Bonchev–Trinajstić information content (AvgIpc) is 2.82. The smallest absolute Gasteiger partial charge is 0.261 e. The number of rotatable bonds is 7. The molecule has 0 amide bonds. The second-order valence-electron chi connectivity index (χ2n) is 4.40. The molecule has 0 saturated carbocycles. The Morgan fingerprint density at radius 2 is 2.26 bits per heavy atom. The van der Waals surface area contributed by atoms with Crippen molar-refractivity contribution in [3.63, 3.8) is 0 Å². The third-order valence-electron chi connectivity index (χ3n) is 2.60. The lowest BCUT2D eigenvalue weighted by Gasteiger charge is -2.17. The van der Waals surface area contributed by atoms with Crippen LogP contribution in [0.4, 0.5) is 0 Å². The molecule has 0 radical (unpaired) electrons. The third-order valence-corrected chi connectivity index (χ3v) is 4.53. The molecule has 7 heteroatoms. The van der Waals surface area contributed by atoms with Crippen LogP contribution in [-0.2, 0) is 16.6 Å². The standard InChI is InChI=1S/C12H20N4O2S/c1-5-7-16(6-2)19(17,18)12-11(9-14-15-12)8-13-10(3)4/h1,9-10,13H,6-8H2,2-4H3,(H,14,15). The molecule has 0 aliphatic carbocycles. The van der Waals surface area contributed by atoms with E-state index in [1.807, 2.05) is 13.8 Å². The van der Waals surface area contributed by atoms with Crippen LogP contribution in [0.3, 0.4) is 0 Å². The van der Waals surface area contributed by atoms with Crippen molar-refractivity contribution in [2.75, 3.05) is 13.1 Å². The van der Waals surface area contributed by atoms with Gasteiger partial charge in [-0.3, -0.25) is 5.10 Å². The molecular formula is C12H20N4O2S. The van der Waals surface area contributed by atoms with Gasteiger partial charge in [-0.15, -0.1) is 6.42 Å². The highest BCUT2D eigenvalue weighted by Crippen LogP contribution is 2.17. The first-order valence-electron chi connectivity index (χ1n) is 6.12. The summed E-state index contributed by atoms with van der Waals surface area (Å²) in [7, 11) is -3.62. The summed E-state index contributed by atoms with van der Waals surface area (Å²) < 4.78 is 26.1. The van der Waals surface area contributed by atoms with E-state index >= 15 is 0 Å². The van der Waals surface area contributed by atoms with Crippen LogP contribution in [0, 0.1) is 12.3 Å². The van der Waals surface area contributed by atoms with Crippen molar-refractivity contribution < 1.29 is 8.42 Å². The molecule has 0 aromatic carbocycles. The van der Waals surface area contributed by atoms with Gasteiger partial charge in [-0.05, 0) is 0 Å². The molecule has 2 N–H and O–H groups in total. The molecule has 19 heavy (non-hydrogen) atoms. The predicted octanol–water partition coefficient (Wildman–Crippen LogP) is 0.551. The van der Waals surface area contributed by atoms with Gasteiger partial charge in [-0.25, -0.2) is 8.42 Å². The Morgan fingerprint density at radius 1 is 1.58 bits per heavy atom. The maximum atomic E-state index is 12.4. The van der Waals surface area contributed by atoms with E-state index in [1.165, 1.54) is 10.5 Å². The topological polar surface area (TPSA) is 78.1 Å². The van der Waals surface area contributed by atoms with Crippen LogP contribution < -0.4 is 5.32 Å². The van der Waals surface area contributed by atoms with Gasteiger partial charge in [-0.2, -0.15) is 9.40 Å². The Kier molecular flexibility index (Phi) is 5.54. The lowest BCUT2D eigenvalue weighted by molar-refractivity contribution is 0.459. The van der Waals surface area contributed by atoms with Gasteiger partial charge >= 0.3 is 0 Å². The van der Waals surface area contributed by atoms with Gasteiger partial charge in [0.1, 0.15) is 0 Å². The van der Waals surface area contributed by atoms with E-state index in [9.17, 15) is 8.42 Å². The van der Waals surface area contributed by atoms with Gasteiger partial charge in [0.25, 0.3) is 10.0 Å². The fourth-order valence-electron chi connectivity index (χ4n) is 1.56. The van der Waals surface area contributed by atoms with Gasteiger partial charge in [0.2, 0.25) is 0 Å². The first-order chi connectivity index (χ1) is 8.93. The van der Waals surface area contributed by atoms with Gasteiger partial charge in [-0.1, -0.05) is 26.7 Å². The van der Waals surface area contributed by atoms with Crippen LogP contribution in [0.15, 0.2) is 11.2 Å². The molecule has 0 aliphatic rings. The molecule has 1 rings (SSSR count). The summed E-state index contributed by atoms with van der Waals surface area (Å²) in [4.78, 5) is 0. The molecule has 0 unspecified atom stereocenters. The van der Waals surface area contributed by atoms with Crippen LogP contribution in [0.5, 0.6) is 0 Å². The first kappa shape index (κ1) is 15.7. The molecule has 106 valence electrons. The SMILES string of the molecule is C#CCN(CC)S(=O)(=O)c1[nH]ncc1CNC(C)C. The lowest BCUT2D eigenvalue weighted by Crippen LogP contribution is -2.32. The van der Waals surface area contributed by atoms with E-state index in [0.29, 0.717) is 18.7 Å². The summed E-state index contributed by atoms with van der Waals surface area (Å²) in [6.07, 6.45) is 6.72. The molecule has 0 bridgehead atoms. The Bertz CT molecular complexity index is 542. The number of H-pyrrole nitrogens is 1. The highest BCUT2D eigenvalue weighted by Gasteiger charge is 2.26. The minimum absolute atomic E-state index is 0.0505. The Hall–Kier alpha value is -1.36. The summed E-state index contributed by atoms with van der Waals surface area (Å²) in [5.41, 5.74) is 0.615. The quantitative estimate of drug-likeness (QED) is 0.717. The molecular weight excluding hydrogens is 264 g/mol. The zero-order valence-corrected chi connectivity index (χ0v) is 12.3. The summed E-state index contributed by atoms with van der Waals surface area (Å²) in [6, 6.07) is 0.262. The highest BCUT2D eigenvalue weighted by atomic mass is 32.2. The Balaban J connectivity index is 3.02. The number of hydrogen-bond donors (Lipinski definition) is 2. The van der Waals surface area contributed by atoms with E-state index in [2.05, 4.69) is 21.4 Å². The number of hydrogen-bond acceptors (Lipinski definition) is 4. The van der Waals surface area contributed by atoms with Crippen LogP contribution in [0.1, 0.15) is 26.3 Å². The summed E-state index contributed by atoms with van der Waals surface area (Å²) >= 11 is 0. The van der Waals surface area contributed by atoms with E-state index in [4.69, 9.17) is 6.42 Å². The van der Waals surface area contributed by atoms with Crippen molar-refractivity contribution >= 4 is 10.0 Å². The van der Waals surface area contributed by atoms with Crippen molar-refractivity contribution in [2.45, 2.75) is 38.4 Å². The first-order valence-corrected chi connectivity index (χ1v) is 7.56. The molecule has 1 heterocycles. The van der Waals surface area contributed by atoms with Gasteiger partial charge in [0.15, 0.2) is 5.03 Å². The number of nitrogens with one attached hydrogen (secondary N) is 2. The van der Waals surface area contributed by atoms with E-state index in [0.717, 1.165) is 0 Å². The van der Waals surface area contributed by atoms with Gasteiger partial charge in [0.05, 0.1) is 12.7 Å². The second kappa shape index (κ2) is 6.70. The second-order valence-corrected chi connectivity index (χ2v) is 6.27. The molecule has 0 spiro atoms. The number of aromatic amines is 1. The molecule has 1 aromatic heterocycles. The zero-order valence-electron chi connectivity index (χ0n) is 11.5. The van der Waals surface area contributed by atoms with Crippen molar-refractivity contribution in [3.05, 3.63) is 11.8 Å². The summed E-state index contributed by atoms with van der Waals surface area (Å²) in [6.45, 7) is 6.54. The van der Waals surface area contributed by atoms with E-state index in [1.54, 1.807) is 6.92 Å². The minimum atomic E-state index is -3.62. The number of aromatic nitrogens is 2. The van der Waals surface area contributed by atoms with E-state index < -0.39 is 10.0 Å². The van der Waals surface area contributed by atoms with Crippen molar-refractivity contribution in [3.8, 4) is 12.3 Å². The fourth-order valence-corrected chi connectivity index (χ4v) is 3.03. The molecule has 0 saturated heterocycles. The normalized spacial score (nSPS) is 12.0. The van der Waals surface area contributed by atoms with E-state index in [-0.39, 0.29) is 17.6 Å². The molecule has 1 aromatic rings. The average molecular weight is 284 g/mol. The van der Waals surface area contributed by atoms with Gasteiger partial charge in [0, 0.05) is 24.7 Å². The molecule has 6 nitrogen and oxygen atoms in total. The van der Waals surface area contributed by atoms with Crippen LogP contribution in [0.25, 0.3) is 0 Å². The van der Waals surface area contributed by atoms with Crippen LogP contribution >= 0.6 is 0 Å². The van der Waals surface area contributed by atoms with Crippen LogP contribution in [0.2, 0.25) is 0 Å². The van der Waals surface area contributed by atoms with Crippen molar-refractivity contribution in [2.24, 2.45) is 0 Å². The summed E-state index contributed by atoms with van der Waals surface area (Å²) in [5.74, 6) is 2.35. The Labute approximate surface area is 114 Å². The maximum Gasteiger partial charge on any atom is 0.261 e. The predicted molar refractivity (Wildman–Crippen MR) is 73.8 cm³/mol. The van der Waals surface area contributed by atoms with Crippen molar-refractivity contribution in [1.29, 1.82) is 0 Å². The monoisotopic (exact) mass is 284 g/mol. The largest absolute Gasteiger partial charge is 0.310 e. The zero-order chi connectivity index (χ0) is 14.5.